The number of nitrogens with zero attached hydrogens (tertiary/aromatic N) is 5. The Labute approximate surface area is 312 Å². The molecule has 4 heterocycles. The molecular weight excluding hydrogens is 649 g/mol. The lowest BCUT2D eigenvalue weighted by atomic mass is 9.84. The van der Waals surface area contributed by atoms with Crippen LogP contribution in [0.1, 0.15) is 79.0 Å². The van der Waals surface area contributed by atoms with Crippen LogP contribution in [-0.2, 0) is 16.8 Å². The molecule has 7 aromatic rings. The molecule has 0 aliphatic carbocycles. The summed E-state index contributed by atoms with van der Waals surface area (Å²) in [5, 5.41) is 1.53. The van der Waals surface area contributed by atoms with Gasteiger partial charge in [0, 0.05) is 81.0 Å². The fraction of sp³-hybridized carbons (Fsp3) is 0.222. The minimum absolute atomic E-state index is 0.0146. The average molecular weight is 697 g/mol. The van der Waals surface area contributed by atoms with E-state index in [1.807, 2.05) is 43.5 Å². The SMILES string of the molecule is [2H]c1c([2H])c([2H])c2c(c1[2H])[N+](c1ccc(C([2H])([2H])[2H])cc1)=C=[N+]2c1cc(C(C)(C)C)cc(C(F)(F)c2ccc3c4cnccc4n(-c4cc(C(C)(C)C)ccn4)c3c2)c1. The zero-order chi connectivity index (χ0) is 42.6. The van der Waals surface area contributed by atoms with Crippen molar-refractivity contribution >= 4 is 50.6 Å². The number of para-hydroxylation sites is 2. The lowest BCUT2D eigenvalue weighted by Gasteiger charge is -2.23. The summed E-state index contributed by atoms with van der Waals surface area (Å²) in [6, 6.07) is 22.2. The van der Waals surface area contributed by atoms with E-state index >= 15 is 8.78 Å². The Morgan fingerprint density at radius 1 is 0.673 bits per heavy atom. The summed E-state index contributed by atoms with van der Waals surface area (Å²) in [5.74, 6) is -2.98. The maximum absolute atomic E-state index is 17.4. The van der Waals surface area contributed by atoms with E-state index < -0.39 is 30.3 Å². The van der Waals surface area contributed by atoms with Crippen LogP contribution >= 0.6 is 0 Å². The van der Waals surface area contributed by atoms with Crippen molar-refractivity contribution in [3.63, 3.8) is 0 Å². The van der Waals surface area contributed by atoms with Crippen LogP contribution in [0, 0.1) is 6.85 Å². The second kappa shape index (κ2) is 11.9. The van der Waals surface area contributed by atoms with Crippen LogP contribution in [0.15, 0.2) is 122 Å². The Morgan fingerprint density at radius 2 is 1.37 bits per heavy atom. The number of halogens is 2. The van der Waals surface area contributed by atoms with Crippen LogP contribution in [0.3, 0.4) is 0 Å². The van der Waals surface area contributed by atoms with Crippen molar-refractivity contribution < 1.29 is 18.4 Å². The van der Waals surface area contributed by atoms with Gasteiger partial charge in [-0.25, -0.2) is 4.98 Å². The maximum Gasteiger partial charge on any atom is 0.503 e. The van der Waals surface area contributed by atoms with Gasteiger partial charge in [-0.3, -0.25) is 9.55 Å². The van der Waals surface area contributed by atoms with Crippen molar-refractivity contribution in [2.75, 3.05) is 0 Å². The van der Waals surface area contributed by atoms with Crippen molar-refractivity contribution in [2.24, 2.45) is 0 Å². The van der Waals surface area contributed by atoms with Gasteiger partial charge in [0.2, 0.25) is 11.4 Å². The predicted molar refractivity (Wildman–Crippen MR) is 209 cm³/mol. The highest BCUT2D eigenvalue weighted by atomic mass is 19.3. The molecule has 1 aliphatic heterocycles. The second-order valence-corrected chi connectivity index (χ2v) is 15.2. The van der Waals surface area contributed by atoms with E-state index in [1.165, 1.54) is 57.7 Å². The molecule has 0 fully saturated rings. The van der Waals surface area contributed by atoms with E-state index in [0.29, 0.717) is 22.6 Å². The summed E-state index contributed by atoms with van der Waals surface area (Å²) in [6.45, 7) is 9.64. The third kappa shape index (κ3) is 5.62. The van der Waals surface area contributed by atoms with Gasteiger partial charge in [0.15, 0.2) is 0 Å². The number of pyridine rings is 2. The van der Waals surface area contributed by atoms with Crippen LogP contribution < -0.4 is 9.15 Å². The Bertz CT molecular complexity index is 2950. The van der Waals surface area contributed by atoms with E-state index in [4.69, 9.17) is 9.60 Å². The summed E-state index contributed by atoms with van der Waals surface area (Å²) < 4.78 is 97.8. The van der Waals surface area contributed by atoms with Crippen LogP contribution in [-0.4, -0.2) is 20.5 Å². The molecule has 0 saturated carbocycles. The average Bonchev–Trinajstić information content (AvgIpc) is 3.75. The lowest BCUT2D eigenvalue weighted by Crippen LogP contribution is -2.19. The molecule has 8 rings (SSSR count). The van der Waals surface area contributed by atoms with Crippen LogP contribution in [0.25, 0.3) is 27.6 Å². The molecular formula is C45H41F2N5+2. The summed E-state index contributed by atoms with van der Waals surface area (Å²) in [4.78, 5) is 9.02. The lowest BCUT2D eigenvalue weighted by molar-refractivity contribution is 0.0428. The van der Waals surface area contributed by atoms with Crippen LogP contribution in [0.2, 0.25) is 0 Å². The highest BCUT2D eigenvalue weighted by Gasteiger charge is 2.40. The summed E-state index contributed by atoms with van der Waals surface area (Å²) in [5.41, 5.74) is 2.19. The number of rotatable bonds is 5. The topological polar surface area (TPSA) is 36.7 Å². The molecule has 7 heteroatoms. The van der Waals surface area contributed by atoms with Gasteiger partial charge in [0.05, 0.1) is 16.5 Å². The van der Waals surface area contributed by atoms with E-state index in [-0.39, 0.29) is 51.3 Å². The zero-order valence-electron chi connectivity index (χ0n) is 36.7. The summed E-state index contributed by atoms with van der Waals surface area (Å²) in [6.07, 6.45) is 5.11. The highest BCUT2D eigenvalue weighted by Crippen LogP contribution is 2.44. The molecule has 5 nitrogen and oxygen atoms in total. The Morgan fingerprint density at radius 3 is 2.06 bits per heavy atom. The molecule has 0 atom stereocenters. The quantitative estimate of drug-likeness (QED) is 0.168. The first-order valence-corrected chi connectivity index (χ1v) is 17.0. The number of hydrogen-bond acceptors (Lipinski definition) is 2. The molecule has 0 saturated heterocycles. The number of fused-ring (bicyclic) bond motifs is 4. The number of benzene rings is 4. The first kappa shape index (κ1) is 26.1. The summed E-state index contributed by atoms with van der Waals surface area (Å²) in [7, 11) is 0. The number of aryl methyl sites for hydroxylation is 1. The minimum atomic E-state index is -3.56. The summed E-state index contributed by atoms with van der Waals surface area (Å²) >= 11 is 0. The van der Waals surface area contributed by atoms with E-state index in [9.17, 15) is 0 Å². The van der Waals surface area contributed by atoms with Crippen molar-refractivity contribution in [3.05, 3.63) is 149 Å². The van der Waals surface area contributed by atoms with Crippen LogP contribution in [0.4, 0.5) is 31.5 Å². The molecule has 3 aromatic heterocycles. The second-order valence-electron chi connectivity index (χ2n) is 15.2. The van der Waals surface area contributed by atoms with Crippen molar-refractivity contribution in [3.8, 4) is 5.82 Å². The van der Waals surface area contributed by atoms with Crippen LogP contribution in [0.5, 0.6) is 0 Å². The molecule has 52 heavy (non-hydrogen) atoms. The first-order chi connectivity index (χ1) is 27.6. The molecule has 1 aliphatic rings. The normalized spacial score (nSPS) is 15.6. The number of alkyl halides is 2. The Balaban J connectivity index is 1.35. The predicted octanol–water partition coefficient (Wildman–Crippen LogP) is 11.5. The molecule has 258 valence electrons. The maximum atomic E-state index is 17.4. The van der Waals surface area contributed by atoms with E-state index in [0.717, 1.165) is 21.9 Å². The number of hydrogen-bond donors (Lipinski definition) is 0. The van der Waals surface area contributed by atoms with Crippen molar-refractivity contribution in [1.29, 1.82) is 0 Å². The largest absolute Gasteiger partial charge is 0.503 e. The smallest absolute Gasteiger partial charge is 0.294 e. The standard InChI is InChI=1S/C45H41F2N5/c1-29-12-15-34(16-13-29)50-28-51(40-11-9-8-10-39(40)50)35-23-32(44(5,6)7)22-33(24-35)45(46,47)31-14-17-36-37-27-48-20-19-38(37)52(41(36)25-31)42-26-30(18-21-49-42)43(2,3)4/h8-27H,1-7H3/q+2/i1D3,8D,9D,10D,11D. The highest BCUT2D eigenvalue weighted by molar-refractivity contribution is 6.09. The Kier molecular flexibility index (Phi) is 5.96. The fourth-order valence-electron chi connectivity index (χ4n) is 6.64. The minimum Gasteiger partial charge on any atom is -0.294 e. The molecule has 0 bridgehead atoms. The molecule has 0 amide bonds. The molecule has 0 radical (unpaired) electrons. The molecule has 0 unspecified atom stereocenters. The van der Waals surface area contributed by atoms with Gasteiger partial charge in [-0.1, -0.05) is 83.5 Å². The third-order valence-electron chi connectivity index (χ3n) is 9.60. The first-order valence-electron chi connectivity index (χ1n) is 20.5. The molecule has 0 spiro atoms. The van der Waals surface area contributed by atoms with E-state index in [2.05, 4.69) is 36.7 Å². The van der Waals surface area contributed by atoms with E-state index in [1.54, 1.807) is 30.7 Å². The fourth-order valence-corrected chi connectivity index (χ4v) is 6.64. The van der Waals surface area contributed by atoms with Crippen molar-refractivity contribution in [1.82, 2.24) is 23.7 Å². The van der Waals surface area contributed by atoms with Gasteiger partial charge < -0.3 is 0 Å². The van der Waals surface area contributed by atoms with Gasteiger partial charge in [-0.05, 0) is 68.3 Å². The number of aromatic nitrogens is 3. The zero-order valence-corrected chi connectivity index (χ0v) is 29.7. The van der Waals surface area contributed by atoms with Gasteiger partial charge in [-0.15, -0.1) is 0 Å². The molecule has 0 N–H and O–H groups in total. The van der Waals surface area contributed by atoms with Gasteiger partial charge in [-0.2, -0.15) is 8.78 Å². The molecule has 4 aromatic carbocycles. The van der Waals surface area contributed by atoms with Gasteiger partial charge in [0.1, 0.15) is 5.82 Å². The third-order valence-corrected chi connectivity index (χ3v) is 9.60. The van der Waals surface area contributed by atoms with Gasteiger partial charge in [0.25, 0.3) is 17.3 Å². The van der Waals surface area contributed by atoms with Crippen molar-refractivity contribution in [2.45, 2.75) is 65.1 Å². The van der Waals surface area contributed by atoms with Gasteiger partial charge >= 0.3 is 6.01 Å². The Hall–Kier alpha value is -5.78. The monoisotopic (exact) mass is 696 g/mol.